The molecule has 3 heteroatoms. The van der Waals surface area contributed by atoms with Crippen molar-refractivity contribution in [2.45, 2.75) is 38.8 Å². The molecule has 0 saturated heterocycles. The molecule has 94 valence electrons. The minimum Gasteiger partial charge on any atom is -0.493 e. The summed E-state index contributed by atoms with van der Waals surface area (Å²) in [5, 5.41) is 12.9. The number of ether oxygens (including phenoxy) is 1. The molecule has 1 aliphatic heterocycles. The Morgan fingerprint density at radius 1 is 1.47 bits per heavy atom. The lowest BCUT2D eigenvalue weighted by molar-refractivity contribution is 0.234. The fraction of sp³-hybridized carbons (Fsp3) is 0.571. The summed E-state index contributed by atoms with van der Waals surface area (Å²) >= 11 is 0. The predicted octanol–water partition coefficient (Wildman–Crippen LogP) is 2.04. The number of rotatable bonds is 5. The summed E-state index contributed by atoms with van der Waals surface area (Å²) in [4.78, 5) is 0. The van der Waals surface area contributed by atoms with Crippen molar-refractivity contribution in [2.75, 3.05) is 13.2 Å². The van der Waals surface area contributed by atoms with E-state index in [2.05, 4.69) is 25.2 Å². The van der Waals surface area contributed by atoms with Gasteiger partial charge in [0.15, 0.2) is 0 Å². The Morgan fingerprint density at radius 3 is 3.00 bits per heavy atom. The van der Waals surface area contributed by atoms with Gasteiger partial charge in [-0.15, -0.1) is 0 Å². The molecule has 2 atom stereocenters. The van der Waals surface area contributed by atoms with Crippen molar-refractivity contribution in [1.29, 1.82) is 0 Å². The smallest absolute Gasteiger partial charge is 0.122 e. The molecule has 2 rings (SSSR count). The van der Waals surface area contributed by atoms with Crippen LogP contribution >= 0.6 is 0 Å². The van der Waals surface area contributed by atoms with E-state index < -0.39 is 0 Å². The van der Waals surface area contributed by atoms with Crippen molar-refractivity contribution in [3.63, 3.8) is 0 Å². The second-order valence-electron chi connectivity index (χ2n) is 4.68. The van der Waals surface area contributed by atoms with Crippen molar-refractivity contribution in [1.82, 2.24) is 5.32 Å². The summed E-state index contributed by atoms with van der Waals surface area (Å²) in [5.74, 6) is 0.994. The first-order valence-corrected chi connectivity index (χ1v) is 6.37. The van der Waals surface area contributed by atoms with E-state index in [-0.39, 0.29) is 12.6 Å². The molecule has 2 N–H and O–H groups in total. The van der Waals surface area contributed by atoms with Gasteiger partial charge >= 0.3 is 0 Å². The van der Waals surface area contributed by atoms with E-state index in [4.69, 9.17) is 4.74 Å². The maximum Gasteiger partial charge on any atom is 0.122 e. The first-order valence-electron chi connectivity index (χ1n) is 6.37. The van der Waals surface area contributed by atoms with Crippen LogP contribution in [0.25, 0.3) is 0 Å². The van der Waals surface area contributed by atoms with Gasteiger partial charge in [-0.1, -0.05) is 19.1 Å². The summed E-state index contributed by atoms with van der Waals surface area (Å²) in [7, 11) is 0. The number of fused-ring (bicyclic) bond motifs is 1. The maximum atomic E-state index is 9.48. The highest BCUT2D eigenvalue weighted by atomic mass is 16.5. The number of benzene rings is 1. The highest BCUT2D eigenvalue weighted by molar-refractivity contribution is 5.40. The van der Waals surface area contributed by atoms with Gasteiger partial charge < -0.3 is 15.2 Å². The molecule has 0 spiro atoms. The third-order valence-corrected chi connectivity index (χ3v) is 3.40. The normalized spacial score (nSPS) is 17.4. The molecule has 3 nitrogen and oxygen atoms in total. The van der Waals surface area contributed by atoms with Crippen LogP contribution in [0.2, 0.25) is 0 Å². The van der Waals surface area contributed by atoms with Crippen molar-refractivity contribution in [2.24, 2.45) is 0 Å². The Morgan fingerprint density at radius 2 is 2.29 bits per heavy atom. The molecule has 17 heavy (non-hydrogen) atoms. The molecule has 1 aliphatic rings. The number of nitrogens with one attached hydrogen (secondary N) is 1. The van der Waals surface area contributed by atoms with Gasteiger partial charge in [0.25, 0.3) is 0 Å². The van der Waals surface area contributed by atoms with E-state index in [1.165, 1.54) is 5.56 Å². The molecule has 0 aliphatic carbocycles. The lowest BCUT2D eigenvalue weighted by Gasteiger charge is -2.21. The summed E-state index contributed by atoms with van der Waals surface area (Å²) in [5.41, 5.74) is 2.41. The van der Waals surface area contributed by atoms with Crippen LogP contribution in [0.3, 0.4) is 0 Å². The van der Waals surface area contributed by atoms with Gasteiger partial charge in [0.2, 0.25) is 0 Å². The number of aliphatic hydroxyl groups is 1. The molecule has 0 saturated carbocycles. The first-order chi connectivity index (χ1) is 8.24. The van der Waals surface area contributed by atoms with E-state index >= 15 is 0 Å². The van der Waals surface area contributed by atoms with Gasteiger partial charge in [-0.05, 0) is 30.5 Å². The van der Waals surface area contributed by atoms with E-state index in [0.717, 1.165) is 30.8 Å². The van der Waals surface area contributed by atoms with E-state index in [1.54, 1.807) is 0 Å². The quantitative estimate of drug-likeness (QED) is 0.820. The maximum absolute atomic E-state index is 9.48. The van der Waals surface area contributed by atoms with Crippen molar-refractivity contribution in [3.05, 3.63) is 29.3 Å². The van der Waals surface area contributed by atoms with Crippen LogP contribution in [-0.2, 0) is 6.42 Å². The second-order valence-corrected chi connectivity index (χ2v) is 4.68. The van der Waals surface area contributed by atoms with Gasteiger partial charge in [0.05, 0.1) is 19.3 Å². The molecule has 0 radical (unpaired) electrons. The fourth-order valence-electron chi connectivity index (χ4n) is 2.14. The zero-order valence-electron chi connectivity index (χ0n) is 10.6. The fourth-order valence-corrected chi connectivity index (χ4v) is 2.14. The predicted molar refractivity (Wildman–Crippen MR) is 68.4 cm³/mol. The number of aliphatic hydroxyl groups excluding tert-OH is 1. The van der Waals surface area contributed by atoms with Gasteiger partial charge in [-0.3, -0.25) is 0 Å². The third kappa shape index (κ3) is 2.79. The van der Waals surface area contributed by atoms with Crippen LogP contribution in [0.15, 0.2) is 18.2 Å². The average molecular weight is 235 g/mol. The Hall–Kier alpha value is -1.06. The highest BCUT2D eigenvalue weighted by Gasteiger charge is 2.17. The Labute approximate surface area is 103 Å². The van der Waals surface area contributed by atoms with Gasteiger partial charge in [-0.25, -0.2) is 0 Å². The summed E-state index contributed by atoms with van der Waals surface area (Å²) < 4.78 is 5.49. The molecule has 1 aromatic carbocycles. The molecular weight excluding hydrogens is 214 g/mol. The monoisotopic (exact) mass is 235 g/mol. The lowest BCUT2D eigenvalue weighted by Crippen LogP contribution is -2.32. The molecule has 0 aromatic heterocycles. The van der Waals surface area contributed by atoms with Crippen LogP contribution < -0.4 is 10.1 Å². The minimum absolute atomic E-state index is 0.0239. The summed E-state index contributed by atoms with van der Waals surface area (Å²) in [6, 6.07) is 6.64. The SMILES string of the molecule is CCC(C)NC(CO)c1ccc2c(c1)CCO2. The van der Waals surface area contributed by atoms with E-state index in [0.29, 0.717) is 6.04 Å². The van der Waals surface area contributed by atoms with Crippen LogP contribution in [0, 0.1) is 0 Å². The zero-order chi connectivity index (χ0) is 12.3. The number of hydrogen-bond acceptors (Lipinski definition) is 3. The Bertz CT molecular complexity index is 378. The topological polar surface area (TPSA) is 41.5 Å². The van der Waals surface area contributed by atoms with Gasteiger partial charge in [0, 0.05) is 12.5 Å². The van der Waals surface area contributed by atoms with Crippen molar-refractivity contribution in [3.8, 4) is 5.75 Å². The van der Waals surface area contributed by atoms with Crippen LogP contribution in [-0.4, -0.2) is 24.4 Å². The highest BCUT2D eigenvalue weighted by Crippen LogP contribution is 2.28. The van der Waals surface area contributed by atoms with Crippen LogP contribution in [0.4, 0.5) is 0 Å². The molecule has 0 fully saturated rings. The molecule has 2 unspecified atom stereocenters. The van der Waals surface area contributed by atoms with E-state index in [1.807, 2.05) is 12.1 Å². The zero-order valence-corrected chi connectivity index (χ0v) is 10.6. The average Bonchev–Trinajstić information content (AvgIpc) is 2.82. The Balaban J connectivity index is 2.14. The van der Waals surface area contributed by atoms with Gasteiger partial charge in [0.1, 0.15) is 5.75 Å². The molecule has 0 bridgehead atoms. The molecular formula is C14H21NO2. The largest absolute Gasteiger partial charge is 0.493 e. The lowest BCUT2D eigenvalue weighted by atomic mass is 10.0. The van der Waals surface area contributed by atoms with Crippen molar-refractivity contribution >= 4 is 0 Å². The van der Waals surface area contributed by atoms with Crippen molar-refractivity contribution < 1.29 is 9.84 Å². The summed E-state index contributed by atoms with van der Waals surface area (Å²) in [6.07, 6.45) is 2.04. The van der Waals surface area contributed by atoms with Crippen LogP contribution in [0.1, 0.15) is 37.4 Å². The standard InChI is InChI=1S/C14H21NO2/c1-3-10(2)15-13(9-16)11-4-5-14-12(8-11)6-7-17-14/h4-5,8,10,13,15-16H,3,6-7,9H2,1-2H3. The van der Waals surface area contributed by atoms with Gasteiger partial charge in [-0.2, -0.15) is 0 Å². The molecule has 0 amide bonds. The summed E-state index contributed by atoms with van der Waals surface area (Å²) in [6.45, 7) is 5.19. The molecule has 1 aromatic rings. The minimum atomic E-state index is 0.0239. The van der Waals surface area contributed by atoms with Crippen LogP contribution in [0.5, 0.6) is 5.75 Å². The molecule has 1 heterocycles. The number of hydrogen-bond donors (Lipinski definition) is 2. The Kier molecular flexibility index (Phi) is 4.02. The second kappa shape index (κ2) is 5.52. The van der Waals surface area contributed by atoms with E-state index in [9.17, 15) is 5.11 Å². The third-order valence-electron chi connectivity index (χ3n) is 3.40. The first kappa shape index (κ1) is 12.4.